The van der Waals surface area contributed by atoms with E-state index in [0.717, 1.165) is 4.47 Å². The van der Waals surface area contributed by atoms with Crippen molar-refractivity contribution in [2.75, 3.05) is 13.7 Å². The maximum absolute atomic E-state index is 12.2. The highest BCUT2D eigenvalue weighted by Crippen LogP contribution is 2.27. The first-order valence-electron chi connectivity index (χ1n) is 7.22. The lowest BCUT2D eigenvalue weighted by Gasteiger charge is -2.12. The lowest BCUT2D eigenvalue weighted by molar-refractivity contribution is 0.0846. The van der Waals surface area contributed by atoms with Crippen molar-refractivity contribution in [2.24, 2.45) is 0 Å². The van der Waals surface area contributed by atoms with E-state index in [9.17, 15) is 9.59 Å². The zero-order valence-electron chi connectivity index (χ0n) is 13.3. The third-order valence-electron chi connectivity index (χ3n) is 3.12. The van der Waals surface area contributed by atoms with E-state index in [1.54, 1.807) is 42.5 Å². The molecule has 0 aliphatic carbocycles. The van der Waals surface area contributed by atoms with Gasteiger partial charge in [-0.25, -0.2) is 0 Å². The molecular weight excluding hydrogens is 376 g/mol. The van der Waals surface area contributed by atoms with Gasteiger partial charge in [0, 0.05) is 15.6 Å². The van der Waals surface area contributed by atoms with E-state index in [1.165, 1.54) is 7.11 Å². The first-order valence-corrected chi connectivity index (χ1v) is 8.01. The Morgan fingerprint density at radius 2 is 1.54 bits per heavy atom. The largest absolute Gasteiger partial charge is 0.493 e. The Balaban J connectivity index is 2.03. The first-order chi connectivity index (χ1) is 11.5. The second kappa shape index (κ2) is 8.35. The van der Waals surface area contributed by atoms with Crippen LogP contribution in [0.1, 0.15) is 27.6 Å². The van der Waals surface area contributed by atoms with Gasteiger partial charge >= 0.3 is 0 Å². The lowest BCUT2D eigenvalue weighted by atomic mass is 10.2. The van der Waals surface area contributed by atoms with E-state index in [2.05, 4.69) is 26.8 Å². The van der Waals surface area contributed by atoms with Crippen LogP contribution < -0.4 is 20.3 Å². The molecule has 24 heavy (non-hydrogen) atoms. The first kappa shape index (κ1) is 17.8. The topological polar surface area (TPSA) is 76.7 Å². The third kappa shape index (κ3) is 4.48. The molecule has 0 aliphatic rings. The highest BCUT2D eigenvalue weighted by atomic mass is 79.9. The molecule has 2 N–H and O–H groups in total. The number of amides is 2. The van der Waals surface area contributed by atoms with Crippen molar-refractivity contribution in [1.82, 2.24) is 10.9 Å². The molecule has 0 radical (unpaired) electrons. The molecule has 7 heteroatoms. The molecule has 0 heterocycles. The third-order valence-corrected chi connectivity index (χ3v) is 3.65. The van der Waals surface area contributed by atoms with Crippen LogP contribution in [0.4, 0.5) is 0 Å². The fraction of sp³-hybridized carbons (Fsp3) is 0.176. The second-order valence-corrected chi connectivity index (χ2v) is 5.63. The molecule has 2 aromatic rings. The molecule has 0 saturated carbocycles. The molecule has 2 aromatic carbocycles. The highest BCUT2D eigenvalue weighted by Gasteiger charge is 2.12. The molecule has 0 saturated heterocycles. The number of ether oxygens (including phenoxy) is 2. The number of nitrogens with one attached hydrogen (secondary N) is 2. The molecule has 0 atom stereocenters. The summed E-state index contributed by atoms with van der Waals surface area (Å²) in [4.78, 5) is 24.1. The maximum Gasteiger partial charge on any atom is 0.269 e. The number of hydrogen-bond donors (Lipinski definition) is 2. The van der Waals surface area contributed by atoms with Crippen LogP contribution in [0.2, 0.25) is 0 Å². The molecular formula is C17H17BrN2O4. The van der Waals surface area contributed by atoms with Crippen molar-refractivity contribution < 1.29 is 19.1 Å². The molecule has 2 amide bonds. The number of methoxy groups -OCH3 is 1. The van der Waals surface area contributed by atoms with Crippen LogP contribution in [0.25, 0.3) is 0 Å². The minimum Gasteiger partial charge on any atom is -0.493 e. The SMILES string of the molecule is CCOc1cc(C(=O)NNC(=O)c2ccc(Br)cc2)ccc1OC. The average Bonchev–Trinajstić information content (AvgIpc) is 2.60. The van der Waals surface area contributed by atoms with E-state index in [4.69, 9.17) is 9.47 Å². The predicted molar refractivity (Wildman–Crippen MR) is 93.2 cm³/mol. The molecule has 2 rings (SSSR count). The Hall–Kier alpha value is -2.54. The quantitative estimate of drug-likeness (QED) is 0.766. The van der Waals surface area contributed by atoms with Gasteiger partial charge in [0.2, 0.25) is 0 Å². The molecule has 0 aliphatic heterocycles. The van der Waals surface area contributed by atoms with Crippen LogP contribution in [0.3, 0.4) is 0 Å². The Morgan fingerprint density at radius 1 is 0.958 bits per heavy atom. The summed E-state index contributed by atoms with van der Waals surface area (Å²) < 4.78 is 11.5. The van der Waals surface area contributed by atoms with Gasteiger partial charge in [-0.1, -0.05) is 15.9 Å². The normalized spacial score (nSPS) is 9.96. The maximum atomic E-state index is 12.2. The van der Waals surface area contributed by atoms with Crippen LogP contribution >= 0.6 is 15.9 Å². The van der Waals surface area contributed by atoms with Gasteiger partial charge in [0.1, 0.15) is 0 Å². The van der Waals surface area contributed by atoms with Gasteiger partial charge in [-0.2, -0.15) is 0 Å². The summed E-state index contributed by atoms with van der Waals surface area (Å²) in [5.74, 6) is 0.137. The van der Waals surface area contributed by atoms with Crippen LogP contribution in [0, 0.1) is 0 Å². The van der Waals surface area contributed by atoms with Gasteiger partial charge in [0.25, 0.3) is 11.8 Å². The van der Waals surface area contributed by atoms with Crippen molar-refractivity contribution in [3.63, 3.8) is 0 Å². The molecule has 0 bridgehead atoms. The minimum absolute atomic E-state index is 0.343. The Bertz CT molecular complexity index is 732. The van der Waals surface area contributed by atoms with Gasteiger partial charge in [-0.15, -0.1) is 0 Å². The van der Waals surface area contributed by atoms with Crippen molar-refractivity contribution >= 4 is 27.7 Å². The van der Waals surface area contributed by atoms with Gasteiger partial charge in [0.15, 0.2) is 11.5 Å². The molecule has 0 fully saturated rings. The summed E-state index contributed by atoms with van der Waals surface area (Å²) in [6.07, 6.45) is 0. The number of benzene rings is 2. The van der Waals surface area contributed by atoms with Crippen molar-refractivity contribution in [1.29, 1.82) is 0 Å². The molecule has 126 valence electrons. The second-order valence-electron chi connectivity index (χ2n) is 4.71. The lowest BCUT2D eigenvalue weighted by Crippen LogP contribution is -2.41. The Kier molecular flexibility index (Phi) is 6.20. The summed E-state index contributed by atoms with van der Waals surface area (Å²) in [7, 11) is 1.52. The predicted octanol–water partition coefficient (Wildman–Crippen LogP) is 2.93. The van der Waals surface area contributed by atoms with Gasteiger partial charge in [-0.3, -0.25) is 20.4 Å². The smallest absolute Gasteiger partial charge is 0.269 e. The van der Waals surface area contributed by atoms with Crippen LogP contribution in [-0.2, 0) is 0 Å². The number of hydrogen-bond acceptors (Lipinski definition) is 4. The summed E-state index contributed by atoms with van der Waals surface area (Å²) >= 11 is 3.29. The zero-order chi connectivity index (χ0) is 17.5. The monoisotopic (exact) mass is 392 g/mol. The molecule has 0 aromatic heterocycles. The van der Waals surface area contributed by atoms with E-state index in [1.807, 2.05) is 6.92 Å². The number of halogens is 1. The van der Waals surface area contributed by atoms with Crippen LogP contribution in [0.15, 0.2) is 46.9 Å². The standard InChI is InChI=1S/C17H17BrN2O4/c1-3-24-15-10-12(6-9-14(15)23-2)17(22)20-19-16(21)11-4-7-13(18)8-5-11/h4-10H,3H2,1-2H3,(H,19,21)(H,20,22). The minimum atomic E-state index is -0.455. The van der Waals surface area contributed by atoms with E-state index >= 15 is 0 Å². The van der Waals surface area contributed by atoms with E-state index < -0.39 is 11.8 Å². The average molecular weight is 393 g/mol. The molecule has 0 spiro atoms. The van der Waals surface area contributed by atoms with Crippen molar-refractivity contribution in [3.8, 4) is 11.5 Å². The Labute approximate surface area is 148 Å². The van der Waals surface area contributed by atoms with Crippen LogP contribution in [0.5, 0.6) is 11.5 Å². The highest BCUT2D eigenvalue weighted by molar-refractivity contribution is 9.10. The van der Waals surface area contributed by atoms with Crippen LogP contribution in [-0.4, -0.2) is 25.5 Å². The summed E-state index contributed by atoms with van der Waals surface area (Å²) in [6.45, 7) is 2.28. The molecule has 0 unspecified atom stereocenters. The van der Waals surface area contributed by atoms with Gasteiger partial charge < -0.3 is 9.47 Å². The van der Waals surface area contributed by atoms with Crippen molar-refractivity contribution in [2.45, 2.75) is 6.92 Å². The summed E-state index contributed by atoms with van der Waals surface area (Å²) in [5, 5.41) is 0. The Morgan fingerprint density at radius 3 is 2.12 bits per heavy atom. The van der Waals surface area contributed by atoms with Gasteiger partial charge in [-0.05, 0) is 49.4 Å². The summed E-state index contributed by atoms with van der Waals surface area (Å²) in [5.41, 5.74) is 5.52. The zero-order valence-corrected chi connectivity index (χ0v) is 14.8. The van der Waals surface area contributed by atoms with Gasteiger partial charge in [0.05, 0.1) is 13.7 Å². The summed E-state index contributed by atoms with van der Waals surface area (Å²) in [6, 6.07) is 11.6. The fourth-order valence-electron chi connectivity index (χ4n) is 1.95. The number of rotatable bonds is 5. The van der Waals surface area contributed by atoms with Crippen molar-refractivity contribution in [3.05, 3.63) is 58.1 Å². The number of carbonyl (C=O) groups is 2. The number of carbonyl (C=O) groups excluding carboxylic acids is 2. The van der Waals surface area contributed by atoms with E-state index in [-0.39, 0.29) is 0 Å². The molecule has 6 nitrogen and oxygen atoms in total. The van der Waals surface area contributed by atoms with E-state index in [0.29, 0.717) is 29.2 Å². The fourth-order valence-corrected chi connectivity index (χ4v) is 2.21. The number of hydrazine groups is 1.